The molecule has 0 aromatic rings. The lowest BCUT2D eigenvalue weighted by atomic mass is 10.0. The van der Waals surface area contributed by atoms with Crippen LogP contribution in [0.25, 0.3) is 0 Å². The van der Waals surface area contributed by atoms with E-state index in [1.54, 1.807) is 13.0 Å². The molecule has 0 amide bonds. The molecule has 0 radical (unpaired) electrons. The number of carbonyl (C=O) groups is 3. The van der Waals surface area contributed by atoms with Crippen molar-refractivity contribution in [3.05, 3.63) is 12.2 Å². The summed E-state index contributed by atoms with van der Waals surface area (Å²) in [6.07, 6.45) is 22.1. The highest BCUT2D eigenvalue weighted by atomic mass is 16.1. The van der Waals surface area contributed by atoms with Crippen molar-refractivity contribution in [3.8, 4) is 0 Å². The average Bonchev–Trinajstić information content (AvgIpc) is 2.66. The fourth-order valence-corrected chi connectivity index (χ4v) is 3.29. The second-order valence-electron chi connectivity index (χ2n) is 8.14. The zero-order valence-electron chi connectivity index (χ0n) is 18.6. The Morgan fingerprint density at radius 1 is 0.607 bits per heavy atom. The molecule has 0 fully saturated rings. The van der Waals surface area contributed by atoms with Gasteiger partial charge in [0, 0.05) is 25.7 Å². The summed E-state index contributed by atoms with van der Waals surface area (Å²) >= 11 is 0. The number of hydrogen-bond donors (Lipinski definition) is 0. The fraction of sp³-hybridized carbons (Fsp3) is 0.800. The molecule has 0 saturated carbocycles. The Bertz CT molecular complexity index is 437. The average molecular weight is 393 g/mol. The van der Waals surface area contributed by atoms with Crippen LogP contribution in [0.5, 0.6) is 0 Å². The molecule has 0 unspecified atom stereocenters. The molecule has 0 rings (SSSR count). The number of ketones is 3. The van der Waals surface area contributed by atoms with Gasteiger partial charge in [-0.2, -0.15) is 0 Å². The molecule has 3 nitrogen and oxygen atoms in total. The lowest BCUT2D eigenvalue weighted by Gasteiger charge is -2.01. The van der Waals surface area contributed by atoms with E-state index in [1.165, 1.54) is 25.7 Å². The molecule has 28 heavy (non-hydrogen) atoms. The van der Waals surface area contributed by atoms with E-state index in [0.29, 0.717) is 18.6 Å². The maximum absolute atomic E-state index is 11.8. The van der Waals surface area contributed by atoms with Crippen molar-refractivity contribution in [3.63, 3.8) is 0 Å². The highest BCUT2D eigenvalue weighted by Gasteiger charge is 2.01. The van der Waals surface area contributed by atoms with E-state index in [-0.39, 0.29) is 11.6 Å². The van der Waals surface area contributed by atoms with Crippen LogP contribution in [0, 0.1) is 0 Å². The van der Waals surface area contributed by atoms with Crippen LogP contribution in [0.15, 0.2) is 12.2 Å². The van der Waals surface area contributed by atoms with Crippen molar-refractivity contribution in [2.45, 2.75) is 129 Å². The van der Waals surface area contributed by atoms with Crippen LogP contribution in [0.1, 0.15) is 129 Å². The minimum atomic E-state index is 0.247. The molecule has 0 aromatic carbocycles. The molecule has 3 heteroatoms. The lowest BCUT2D eigenvalue weighted by molar-refractivity contribution is -0.119. The molecule has 0 aliphatic heterocycles. The summed E-state index contributed by atoms with van der Waals surface area (Å²) < 4.78 is 0. The van der Waals surface area contributed by atoms with Crippen molar-refractivity contribution < 1.29 is 14.4 Å². The molecule has 0 aliphatic carbocycles. The van der Waals surface area contributed by atoms with Crippen LogP contribution >= 0.6 is 0 Å². The SMILES string of the molecule is CCCCC(=O)CCCCCCCCC=CC(=O)CCCCCCCC(C)=O. The molecule has 0 heterocycles. The quantitative estimate of drug-likeness (QED) is 0.152. The normalized spacial score (nSPS) is 11.2. The number of rotatable bonds is 21. The Morgan fingerprint density at radius 3 is 1.71 bits per heavy atom. The number of hydrogen-bond acceptors (Lipinski definition) is 3. The van der Waals surface area contributed by atoms with Crippen molar-refractivity contribution >= 4 is 17.3 Å². The number of allylic oxidation sites excluding steroid dienone is 2. The summed E-state index contributed by atoms with van der Waals surface area (Å²) in [5, 5.41) is 0. The van der Waals surface area contributed by atoms with Gasteiger partial charge in [0.2, 0.25) is 0 Å². The summed E-state index contributed by atoms with van der Waals surface area (Å²) in [6, 6.07) is 0. The largest absolute Gasteiger partial charge is 0.300 e. The second-order valence-corrected chi connectivity index (χ2v) is 8.14. The van der Waals surface area contributed by atoms with E-state index in [0.717, 1.165) is 77.0 Å². The van der Waals surface area contributed by atoms with Gasteiger partial charge < -0.3 is 4.79 Å². The fourth-order valence-electron chi connectivity index (χ4n) is 3.29. The van der Waals surface area contributed by atoms with Gasteiger partial charge in [0.1, 0.15) is 11.6 Å². The predicted molar refractivity (Wildman–Crippen MR) is 119 cm³/mol. The van der Waals surface area contributed by atoms with Crippen LogP contribution < -0.4 is 0 Å². The maximum Gasteiger partial charge on any atom is 0.155 e. The van der Waals surface area contributed by atoms with E-state index in [1.807, 2.05) is 6.08 Å². The van der Waals surface area contributed by atoms with Crippen molar-refractivity contribution in [2.24, 2.45) is 0 Å². The van der Waals surface area contributed by atoms with Gasteiger partial charge in [-0.25, -0.2) is 0 Å². The van der Waals surface area contributed by atoms with Gasteiger partial charge in [-0.05, 0) is 51.5 Å². The summed E-state index contributed by atoms with van der Waals surface area (Å²) in [5.74, 6) is 0.954. The van der Waals surface area contributed by atoms with Crippen molar-refractivity contribution in [1.82, 2.24) is 0 Å². The smallest absolute Gasteiger partial charge is 0.155 e. The van der Waals surface area contributed by atoms with E-state index in [9.17, 15) is 14.4 Å². The van der Waals surface area contributed by atoms with Gasteiger partial charge >= 0.3 is 0 Å². The molecule has 162 valence electrons. The van der Waals surface area contributed by atoms with Crippen molar-refractivity contribution in [1.29, 1.82) is 0 Å². The summed E-state index contributed by atoms with van der Waals surface area (Å²) in [7, 11) is 0. The maximum atomic E-state index is 11.8. The highest BCUT2D eigenvalue weighted by Crippen LogP contribution is 2.11. The number of carbonyl (C=O) groups excluding carboxylic acids is 3. The summed E-state index contributed by atoms with van der Waals surface area (Å²) in [6.45, 7) is 3.77. The molecule has 0 spiro atoms. The predicted octanol–water partition coefficient (Wildman–Crippen LogP) is 7.31. The van der Waals surface area contributed by atoms with Gasteiger partial charge in [0.15, 0.2) is 5.78 Å². The van der Waals surface area contributed by atoms with E-state index in [2.05, 4.69) is 6.92 Å². The molecule has 0 saturated heterocycles. The molecule has 0 bridgehead atoms. The van der Waals surface area contributed by atoms with Crippen LogP contribution in [0.3, 0.4) is 0 Å². The van der Waals surface area contributed by atoms with Crippen molar-refractivity contribution in [2.75, 3.05) is 0 Å². The van der Waals surface area contributed by atoms with Crippen LogP contribution in [-0.4, -0.2) is 17.3 Å². The first-order valence-corrected chi connectivity index (χ1v) is 11.8. The molecular weight excluding hydrogens is 348 g/mol. The standard InChI is InChI=1S/C25H44O3/c1-3-4-19-24(27)20-15-11-7-5-6-8-12-16-21-25(28)22-17-13-9-10-14-18-23(2)26/h16,21H,3-15,17-20,22H2,1-2H3. The van der Waals surface area contributed by atoms with Gasteiger partial charge in [-0.3, -0.25) is 9.59 Å². The second kappa shape index (κ2) is 20.5. The van der Waals surface area contributed by atoms with E-state index in [4.69, 9.17) is 0 Å². The van der Waals surface area contributed by atoms with Gasteiger partial charge in [0.05, 0.1) is 0 Å². The number of Topliss-reactive ketones (excluding diaryl/α,β-unsaturated/α-hetero) is 2. The van der Waals surface area contributed by atoms with E-state index < -0.39 is 0 Å². The first-order valence-electron chi connectivity index (χ1n) is 11.8. The third-order valence-electron chi connectivity index (χ3n) is 5.14. The molecular formula is C25H44O3. The van der Waals surface area contributed by atoms with Crippen LogP contribution in [-0.2, 0) is 14.4 Å². The minimum absolute atomic E-state index is 0.247. The van der Waals surface area contributed by atoms with Gasteiger partial charge in [0.25, 0.3) is 0 Å². The Labute approximate surface area is 173 Å². The Balaban J connectivity index is 3.34. The summed E-state index contributed by atoms with van der Waals surface area (Å²) in [5.41, 5.74) is 0. The zero-order chi connectivity index (χ0) is 20.9. The first-order chi connectivity index (χ1) is 13.6. The van der Waals surface area contributed by atoms with Crippen LogP contribution in [0.2, 0.25) is 0 Å². The Morgan fingerprint density at radius 2 is 1.11 bits per heavy atom. The summed E-state index contributed by atoms with van der Waals surface area (Å²) in [4.78, 5) is 34.2. The topological polar surface area (TPSA) is 51.2 Å². The van der Waals surface area contributed by atoms with Gasteiger partial charge in [-0.15, -0.1) is 0 Å². The van der Waals surface area contributed by atoms with Crippen LogP contribution in [0.4, 0.5) is 0 Å². The first kappa shape index (κ1) is 26.8. The lowest BCUT2D eigenvalue weighted by Crippen LogP contribution is -1.96. The zero-order valence-corrected chi connectivity index (χ0v) is 18.6. The number of unbranched alkanes of at least 4 members (excludes halogenated alkanes) is 11. The molecule has 0 N–H and O–H groups in total. The Kier molecular flexibility index (Phi) is 19.6. The van der Waals surface area contributed by atoms with Gasteiger partial charge in [-0.1, -0.05) is 64.4 Å². The Hall–Kier alpha value is -1.25. The molecule has 0 aromatic heterocycles. The monoisotopic (exact) mass is 392 g/mol. The molecule has 0 aliphatic rings. The molecule has 0 atom stereocenters. The third kappa shape index (κ3) is 21.1. The minimum Gasteiger partial charge on any atom is -0.300 e. The highest BCUT2D eigenvalue weighted by molar-refractivity contribution is 5.89. The third-order valence-corrected chi connectivity index (χ3v) is 5.14. The van der Waals surface area contributed by atoms with E-state index >= 15 is 0 Å².